The van der Waals surface area contributed by atoms with Crippen molar-refractivity contribution in [3.8, 4) is 0 Å². The predicted octanol–water partition coefficient (Wildman–Crippen LogP) is 2.56. The lowest BCUT2D eigenvalue weighted by Gasteiger charge is -2.30. The summed E-state index contributed by atoms with van der Waals surface area (Å²) in [5, 5.41) is 11.2. The molecule has 1 aliphatic heterocycles. The van der Waals surface area contributed by atoms with Crippen LogP contribution in [0.15, 0.2) is 36.2 Å². The molecule has 0 aliphatic carbocycles. The van der Waals surface area contributed by atoms with Gasteiger partial charge >= 0.3 is 0 Å². The van der Waals surface area contributed by atoms with Crippen molar-refractivity contribution in [1.82, 2.24) is 0 Å². The molecule has 0 fully saturated rings. The van der Waals surface area contributed by atoms with Crippen LogP contribution in [0.1, 0.15) is 25.3 Å². The van der Waals surface area contributed by atoms with Crippen LogP contribution in [0.3, 0.4) is 0 Å². The summed E-state index contributed by atoms with van der Waals surface area (Å²) in [6, 6.07) is 7.49. The van der Waals surface area contributed by atoms with Crippen LogP contribution in [0.4, 0.5) is 5.69 Å². The molecule has 0 N–H and O–H groups in total. The molecule has 0 aromatic heterocycles. The van der Waals surface area contributed by atoms with E-state index < -0.39 is 16.8 Å². The minimum Gasteiger partial charge on any atom is -0.345 e. The first-order valence-corrected chi connectivity index (χ1v) is 6.11. The molecule has 2 atom stereocenters. The number of carbonyl (C=O) groups excluding carboxylic acids is 1. The van der Waals surface area contributed by atoms with Crippen LogP contribution >= 0.6 is 0 Å². The van der Waals surface area contributed by atoms with E-state index in [1.807, 2.05) is 24.3 Å². The van der Waals surface area contributed by atoms with Crippen LogP contribution in [0, 0.1) is 16.0 Å². The van der Waals surface area contributed by atoms with Gasteiger partial charge in [-0.2, -0.15) is 0 Å². The first kappa shape index (κ1) is 13.3. The Kier molecular flexibility index (Phi) is 3.38. The van der Waals surface area contributed by atoms with E-state index in [9.17, 15) is 14.9 Å². The van der Waals surface area contributed by atoms with Crippen LogP contribution < -0.4 is 4.90 Å². The summed E-state index contributed by atoms with van der Waals surface area (Å²) >= 11 is 0. The number of fused-ring (bicyclic) bond motifs is 1. The minimum atomic E-state index is -0.486. The number of rotatable bonds is 3. The molecule has 5 nitrogen and oxygen atoms in total. The second-order valence-electron chi connectivity index (χ2n) is 4.86. The Bertz CT molecular complexity index is 566. The third-order valence-electron chi connectivity index (χ3n) is 3.65. The number of hydrogen-bond acceptors (Lipinski definition) is 4. The third kappa shape index (κ3) is 2.23. The van der Waals surface area contributed by atoms with Gasteiger partial charge in [-0.3, -0.25) is 14.9 Å². The van der Waals surface area contributed by atoms with Gasteiger partial charge in [0, 0.05) is 18.7 Å². The van der Waals surface area contributed by atoms with Crippen molar-refractivity contribution in [1.29, 1.82) is 0 Å². The van der Waals surface area contributed by atoms with Crippen LogP contribution in [-0.2, 0) is 4.79 Å². The van der Waals surface area contributed by atoms with E-state index in [1.54, 1.807) is 18.9 Å². The Balaban J connectivity index is 2.60. The lowest BCUT2D eigenvalue weighted by molar-refractivity contribution is -0.431. The number of nitro groups is 1. The van der Waals surface area contributed by atoms with Gasteiger partial charge in [-0.1, -0.05) is 25.1 Å². The number of benzene rings is 1. The molecule has 0 radical (unpaired) electrons. The standard InChI is InChI=1S/C14H16N2O3/c1-9(10(2)17)14-11-6-4-5-7-12(11)15(3)8-13(14)16(18)19/h4-9,14H,1-3H3. The zero-order valence-electron chi connectivity index (χ0n) is 11.2. The molecule has 1 aromatic carbocycles. The first-order chi connectivity index (χ1) is 8.93. The molecule has 5 heteroatoms. The van der Waals surface area contributed by atoms with Crippen LogP contribution in [0.5, 0.6) is 0 Å². The Hall–Kier alpha value is -2.17. The van der Waals surface area contributed by atoms with Gasteiger partial charge in [0.25, 0.3) is 5.70 Å². The van der Waals surface area contributed by atoms with Gasteiger partial charge in [0.2, 0.25) is 0 Å². The predicted molar refractivity (Wildman–Crippen MR) is 72.5 cm³/mol. The summed E-state index contributed by atoms with van der Waals surface area (Å²) in [5.41, 5.74) is 1.82. The van der Waals surface area contributed by atoms with Gasteiger partial charge in [-0.25, -0.2) is 0 Å². The highest BCUT2D eigenvalue weighted by Gasteiger charge is 2.38. The monoisotopic (exact) mass is 260 g/mol. The molecule has 0 bridgehead atoms. The van der Waals surface area contributed by atoms with Gasteiger partial charge in [-0.15, -0.1) is 0 Å². The Morgan fingerprint density at radius 1 is 1.42 bits per heavy atom. The molecule has 1 aliphatic rings. The Morgan fingerprint density at radius 2 is 2.05 bits per heavy atom. The lowest BCUT2D eigenvalue weighted by Crippen LogP contribution is -2.29. The molecular weight excluding hydrogens is 244 g/mol. The molecule has 19 heavy (non-hydrogen) atoms. The zero-order valence-corrected chi connectivity index (χ0v) is 11.2. The van der Waals surface area contributed by atoms with E-state index in [1.165, 1.54) is 13.1 Å². The molecule has 1 aromatic rings. The normalized spacial score (nSPS) is 19.4. The molecule has 1 heterocycles. The second-order valence-corrected chi connectivity index (χ2v) is 4.86. The highest BCUT2D eigenvalue weighted by atomic mass is 16.6. The maximum absolute atomic E-state index is 11.6. The molecule has 2 rings (SSSR count). The number of hydrogen-bond donors (Lipinski definition) is 0. The highest BCUT2D eigenvalue weighted by molar-refractivity contribution is 5.80. The van der Waals surface area contributed by atoms with Crippen molar-refractivity contribution in [2.24, 2.45) is 5.92 Å². The number of anilines is 1. The van der Waals surface area contributed by atoms with Crippen molar-refractivity contribution < 1.29 is 9.72 Å². The summed E-state index contributed by atoms with van der Waals surface area (Å²) in [4.78, 5) is 24.2. The SMILES string of the molecule is CC(=O)C(C)C1C([N+](=O)[O-])=CN(C)c2ccccc21. The van der Waals surface area contributed by atoms with Crippen LogP contribution in [0.2, 0.25) is 0 Å². The van der Waals surface area contributed by atoms with Gasteiger partial charge in [0.15, 0.2) is 0 Å². The average molecular weight is 260 g/mol. The summed E-state index contributed by atoms with van der Waals surface area (Å²) in [6.07, 6.45) is 1.51. The zero-order chi connectivity index (χ0) is 14.2. The quantitative estimate of drug-likeness (QED) is 0.619. The molecule has 100 valence electrons. The molecule has 0 amide bonds. The van der Waals surface area contributed by atoms with Crippen molar-refractivity contribution in [3.05, 3.63) is 51.8 Å². The van der Waals surface area contributed by atoms with Crippen molar-refractivity contribution in [3.63, 3.8) is 0 Å². The van der Waals surface area contributed by atoms with E-state index in [0.717, 1.165) is 11.3 Å². The van der Waals surface area contributed by atoms with Crippen LogP contribution in [-0.4, -0.2) is 17.8 Å². The maximum Gasteiger partial charge on any atom is 0.270 e. The van der Waals surface area contributed by atoms with Gasteiger partial charge in [0.05, 0.1) is 17.0 Å². The number of carbonyl (C=O) groups is 1. The maximum atomic E-state index is 11.6. The third-order valence-corrected chi connectivity index (χ3v) is 3.65. The van der Waals surface area contributed by atoms with Crippen molar-refractivity contribution in [2.45, 2.75) is 19.8 Å². The van der Waals surface area contributed by atoms with Crippen molar-refractivity contribution >= 4 is 11.5 Å². The molecule has 0 saturated carbocycles. The van der Waals surface area contributed by atoms with Gasteiger partial charge < -0.3 is 4.90 Å². The molecular formula is C14H16N2O3. The van der Waals surface area contributed by atoms with Crippen molar-refractivity contribution in [2.75, 3.05) is 11.9 Å². The topological polar surface area (TPSA) is 63.4 Å². The number of ketones is 1. The average Bonchev–Trinajstić information content (AvgIpc) is 2.37. The number of Topliss-reactive ketones (excluding diaryl/α,β-unsaturated/α-hetero) is 1. The van der Waals surface area contributed by atoms with E-state index in [-0.39, 0.29) is 11.5 Å². The van der Waals surface area contributed by atoms with Gasteiger partial charge in [0.1, 0.15) is 5.78 Å². The van der Waals surface area contributed by atoms with E-state index >= 15 is 0 Å². The Labute approximate surface area is 111 Å². The fourth-order valence-corrected chi connectivity index (χ4v) is 2.50. The first-order valence-electron chi connectivity index (χ1n) is 6.11. The van der Waals surface area contributed by atoms with E-state index in [4.69, 9.17) is 0 Å². The summed E-state index contributed by atoms with van der Waals surface area (Å²) < 4.78 is 0. The number of nitrogens with zero attached hydrogens (tertiary/aromatic N) is 2. The number of allylic oxidation sites excluding steroid dienone is 1. The molecule has 0 saturated heterocycles. The van der Waals surface area contributed by atoms with E-state index in [2.05, 4.69) is 0 Å². The summed E-state index contributed by atoms with van der Waals surface area (Å²) in [5.74, 6) is -0.941. The fourth-order valence-electron chi connectivity index (χ4n) is 2.50. The smallest absolute Gasteiger partial charge is 0.270 e. The van der Waals surface area contributed by atoms with E-state index in [0.29, 0.717) is 0 Å². The fraction of sp³-hybridized carbons (Fsp3) is 0.357. The largest absolute Gasteiger partial charge is 0.345 e. The molecule has 2 unspecified atom stereocenters. The van der Waals surface area contributed by atoms with Crippen LogP contribution in [0.25, 0.3) is 0 Å². The lowest BCUT2D eigenvalue weighted by atomic mass is 9.80. The Morgan fingerprint density at radius 3 is 2.63 bits per heavy atom. The summed E-state index contributed by atoms with van der Waals surface area (Å²) in [6.45, 7) is 3.22. The van der Waals surface area contributed by atoms with Gasteiger partial charge in [-0.05, 0) is 18.6 Å². The minimum absolute atomic E-state index is 0.0443. The summed E-state index contributed by atoms with van der Waals surface area (Å²) in [7, 11) is 1.77. The number of para-hydroxylation sites is 1. The second kappa shape index (κ2) is 4.84. The molecule has 0 spiro atoms. The highest BCUT2D eigenvalue weighted by Crippen LogP contribution is 2.41.